The van der Waals surface area contributed by atoms with Crippen LogP contribution in [0, 0.1) is 0 Å². The van der Waals surface area contributed by atoms with Gasteiger partial charge in [0.25, 0.3) is 0 Å². The fourth-order valence-electron chi connectivity index (χ4n) is 1.55. The van der Waals surface area contributed by atoms with Crippen molar-refractivity contribution in [1.29, 1.82) is 0 Å². The van der Waals surface area contributed by atoms with E-state index in [4.69, 9.17) is 4.74 Å². The van der Waals surface area contributed by atoms with Crippen LogP contribution < -0.4 is 4.74 Å². The Morgan fingerprint density at radius 3 is 2.94 bits per heavy atom. The van der Waals surface area contributed by atoms with Crippen molar-refractivity contribution < 1.29 is 9.84 Å². The summed E-state index contributed by atoms with van der Waals surface area (Å²) in [4.78, 5) is 4.10. The minimum atomic E-state index is -0.546. The zero-order valence-electron chi connectivity index (χ0n) is 9.26. The van der Waals surface area contributed by atoms with E-state index in [1.807, 2.05) is 23.6 Å². The van der Waals surface area contributed by atoms with Gasteiger partial charge in [0.1, 0.15) is 16.9 Å². The van der Waals surface area contributed by atoms with Gasteiger partial charge in [-0.3, -0.25) is 0 Å². The summed E-state index contributed by atoms with van der Waals surface area (Å²) in [5.41, 5.74) is 1.04. The number of ether oxygens (including phenoxy) is 1. The van der Waals surface area contributed by atoms with Gasteiger partial charge in [0.2, 0.25) is 0 Å². The average Bonchev–Trinajstić information content (AvgIpc) is 2.82. The van der Waals surface area contributed by atoms with Crippen LogP contribution in [0.5, 0.6) is 5.75 Å². The number of halogens is 1. The largest absolute Gasteiger partial charge is 0.496 e. The first-order valence-electron chi connectivity index (χ1n) is 5.10. The minimum absolute atomic E-state index is 0.546. The molecular weight excluding hydrogens is 302 g/mol. The third-order valence-corrected chi connectivity index (χ3v) is 3.88. The molecule has 3 nitrogen and oxygen atoms in total. The summed E-state index contributed by atoms with van der Waals surface area (Å²) >= 11 is 4.89. The molecule has 2 aromatic rings. The number of rotatable bonds is 4. The molecule has 0 saturated carbocycles. The smallest absolute Gasteiger partial charge is 0.133 e. The van der Waals surface area contributed by atoms with E-state index >= 15 is 0 Å². The fraction of sp³-hybridized carbons (Fsp3) is 0.250. The Balaban J connectivity index is 2.11. The van der Waals surface area contributed by atoms with Crippen LogP contribution in [0.15, 0.2) is 34.2 Å². The third kappa shape index (κ3) is 3.06. The topological polar surface area (TPSA) is 42.4 Å². The Morgan fingerprint density at radius 2 is 2.35 bits per heavy atom. The standard InChI is InChI=1S/C12H12BrNO2S/c1-16-11-3-2-8(6-9(11)13)7-10(15)12-14-4-5-17-12/h2-6,10,15H,7H2,1H3. The van der Waals surface area contributed by atoms with Gasteiger partial charge in [-0.2, -0.15) is 0 Å². The molecule has 1 unspecified atom stereocenters. The molecule has 0 aliphatic heterocycles. The Hall–Kier alpha value is -0.910. The van der Waals surface area contributed by atoms with Crippen molar-refractivity contribution in [3.63, 3.8) is 0 Å². The lowest BCUT2D eigenvalue weighted by molar-refractivity contribution is 0.178. The van der Waals surface area contributed by atoms with E-state index in [0.29, 0.717) is 6.42 Å². The van der Waals surface area contributed by atoms with Crippen LogP contribution in [0.1, 0.15) is 16.7 Å². The van der Waals surface area contributed by atoms with Crippen molar-refractivity contribution in [3.05, 3.63) is 44.8 Å². The number of aliphatic hydroxyl groups excluding tert-OH is 1. The van der Waals surface area contributed by atoms with Gasteiger partial charge < -0.3 is 9.84 Å². The second-order valence-electron chi connectivity index (χ2n) is 3.56. The van der Waals surface area contributed by atoms with E-state index in [0.717, 1.165) is 20.8 Å². The number of thiazole rings is 1. The summed E-state index contributed by atoms with van der Waals surface area (Å²) in [5.74, 6) is 0.789. The summed E-state index contributed by atoms with van der Waals surface area (Å²) in [6.07, 6.45) is 1.71. The molecule has 1 aromatic heterocycles. The maximum Gasteiger partial charge on any atom is 0.133 e. The highest BCUT2D eigenvalue weighted by Gasteiger charge is 2.12. The quantitative estimate of drug-likeness (QED) is 0.942. The van der Waals surface area contributed by atoms with Gasteiger partial charge in [0.05, 0.1) is 11.6 Å². The molecule has 5 heteroatoms. The number of methoxy groups -OCH3 is 1. The summed E-state index contributed by atoms with van der Waals surface area (Å²) in [6.45, 7) is 0. The van der Waals surface area contributed by atoms with E-state index in [2.05, 4.69) is 20.9 Å². The first-order chi connectivity index (χ1) is 8.20. The minimum Gasteiger partial charge on any atom is -0.496 e. The molecule has 1 heterocycles. The van der Waals surface area contributed by atoms with Crippen molar-refractivity contribution in [3.8, 4) is 5.75 Å². The Labute approximate surface area is 112 Å². The predicted octanol–water partition coefficient (Wildman–Crippen LogP) is 3.19. The molecule has 0 radical (unpaired) electrons. The lowest BCUT2D eigenvalue weighted by Gasteiger charge is -2.09. The normalized spacial score (nSPS) is 12.4. The van der Waals surface area contributed by atoms with Crippen LogP contribution in [-0.4, -0.2) is 17.2 Å². The first kappa shape index (κ1) is 12.5. The van der Waals surface area contributed by atoms with E-state index in [1.54, 1.807) is 13.3 Å². The van der Waals surface area contributed by atoms with Crippen LogP contribution in [-0.2, 0) is 6.42 Å². The van der Waals surface area contributed by atoms with Crippen LogP contribution >= 0.6 is 27.3 Å². The summed E-state index contributed by atoms with van der Waals surface area (Å²) < 4.78 is 6.05. The lowest BCUT2D eigenvalue weighted by Crippen LogP contribution is -2.01. The zero-order chi connectivity index (χ0) is 12.3. The highest BCUT2D eigenvalue weighted by molar-refractivity contribution is 9.10. The molecule has 0 aliphatic carbocycles. The second kappa shape index (κ2) is 5.62. The SMILES string of the molecule is COc1ccc(CC(O)c2nccs2)cc1Br. The van der Waals surface area contributed by atoms with Crippen molar-refractivity contribution in [2.75, 3.05) is 7.11 Å². The van der Waals surface area contributed by atoms with Gasteiger partial charge in [-0.05, 0) is 33.6 Å². The monoisotopic (exact) mass is 313 g/mol. The number of aromatic nitrogens is 1. The molecule has 2 rings (SSSR count). The van der Waals surface area contributed by atoms with Gasteiger partial charge in [0.15, 0.2) is 0 Å². The fourth-order valence-corrected chi connectivity index (χ4v) is 2.76. The molecule has 0 fully saturated rings. The highest BCUT2D eigenvalue weighted by Crippen LogP contribution is 2.28. The van der Waals surface area contributed by atoms with E-state index in [-0.39, 0.29) is 0 Å². The second-order valence-corrected chi connectivity index (χ2v) is 5.34. The molecule has 0 bridgehead atoms. The van der Waals surface area contributed by atoms with E-state index < -0.39 is 6.10 Å². The lowest BCUT2D eigenvalue weighted by atomic mass is 10.1. The molecule has 0 amide bonds. The van der Waals surface area contributed by atoms with Crippen molar-refractivity contribution in [2.24, 2.45) is 0 Å². The predicted molar refractivity (Wildman–Crippen MR) is 71.5 cm³/mol. The molecule has 17 heavy (non-hydrogen) atoms. The molecule has 90 valence electrons. The van der Waals surface area contributed by atoms with Gasteiger partial charge in [-0.25, -0.2) is 4.98 Å². The van der Waals surface area contributed by atoms with Crippen LogP contribution in [0.4, 0.5) is 0 Å². The van der Waals surface area contributed by atoms with Gasteiger partial charge in [0, 0.05) is 18.0 Å². The molecule has 1 aromatic carbocycles. The number of hydrogen-bond donors (Lipinski definition) is 1. The average molecular weight is 314 g/mol. The number of hydrogen-bond acceptors (Lipinski definition) is 4. The molecule has 1 atom stereocenters. The number of aliphatic hydroxyl groups is 1. The van der Waals surface area contributed by atoms with Crippen LogP contribution in [0.3, 0.4) is 0 Å². The van der Waals surface area contributed by atoms with Gasteiger partial charge in [-0.15, -0.1) is 11.3 Å². The summed E-state index contributed by atoms with van der Waals surface area (Å²) in [5, 5.41) is 12.6. The van der Waals surface area contributed by atoms with Crippen molar-refractivity contribution in [1.82, 2.24) is 4.98 Å². The summed E-state index contributed by atoms with van der Waals surface area (Å²) in [7, 11) is 1.63. The molecule has 1 N–H and O–H groups in total. The number of nitrogens with zero attached hydrogens (tertiary/aromatic N) is 1. The highest BCUT2D eigenvalue weighted by atomic mass is 79.9. The van der Waals surface area contributed by atoms with E-state index in [1.165, 1.54) is 11.3 Å². The Kier molecular flexibility index (Phi) is 4.15. The van der Waals surface area contributed by atoms with Crippen LogP contribution in [0.2, 0.25) is 0 Å². The van der Waals surface area contributed by atoms with Crippen molar-refractivity contribution >= 4 is 27.3 Å². The first-order valence-corrected chi connectivity index (χ1v) is 6.78. The van der Waals surface area contributed by atoms with Gasteiger partial charge in [-0.1, -0.05) is 6.07 Å². The van der Waals surface area contributed by atoms with Crippen molar-refractivity contribution in [2.45, 2.75) is 12.5 Å². The molecule has 0 spiro atoms. The maximum absolute atomic E-state index is 9.98. The molecular formula is C12H12BrNO2S. The molecule has 0 aliphatic rings. The maximum atomic E-state index is 9.98. The van der Waals surface area contributed by atoms with E-state index in [9.17, 15) is 5.11 Å². The zero-order valence-corrected chi connectivity index (χ0v) is 11.7. The Morgan fingerprint density at radius 1 is 1.53 bits per heavy atom. The van der Waals surface area contributed by atoms with Gasteiger partial charge >= 0.3 is 0 Å². The van der Waals surface area contributed by atoms with Crippen LogP contribution in [0.25, 0.3) is 0 Å². The third-order valence-electron chi connectivity index (χ3n) is 2.38. The number of benzene rings is 1. The molecule has 0 saturated heterocycles. The Bertz CT molecular complexity index is 487. The summed E-state index contributed by atoms with van der Waals surface area (Å²) in [6, 6.07) is 5.78.